The molecular weight excluding hydrogens is 341 g/mol. The van der Waals surface area contributed by atoms with Gasteiger partial charge in [0, 0.05) is 18.8 Å². The van der Waals surface area contributed by atoms with E-state index in [-0.39, 0.29) is 5.91 Å². The smallest absolute Gasteiger partial charge is 0.435 e. The highest BCUT2D eigenvalue weighted by Gasteiger charge is 2.33. The molecule has 0 bridgehead atoms. The van der Waals surface area contributed by atoms with E-state index in [1.54, 1.807) is 0 Å². The second-order valence-corrected chi connectivity index (χ2v) is 5.04. The van der Waals surface area contributed by atoms with Crippen molar-refractivity contribution in [2.45, 2.75) is 19.6 Å². The number of carbonyl (C=O) groups is 2. The molecule has 0 fully saturated rings. The summed E-state index contributed by atoms with van der Waals surface area (Å²) in [5, 5.41) is 8.37. The number of nitrogens with zero attached hydrogens (tertiary/aromatic N) is 2. The maximum absolute atomic E-state index is 12.5. The van der Waals surface area contributed by atoms with Gasteiger partial charge in [-0.1, -0.05) is 0 Å². The second-order valence-electron chi connectivity index (χ2n) is 5.04. The summed E-state index contributed by atoms with van der Waals surface area (Å²) in [4.78, 5) is 23.1. The molecule has 1 aromatic carbocycles. The first-order valence-corrected chi connectivity index (χ1v) is 7.05. The number of hydrogen-bond acceptors (Lipinski definition) is 4. The number of nitrogens with one attached hydrogen (secondary N) is 2. The minimum atomic E-state index is -4.56. The number of hydrogen-bond donors (Lipinski definition) is 2. The van der Waals surface area contributed by atoms with Gasteiger partial charge >= 0.3 is 6.18 Å². The standard InChI is InChI=1S/C15H15F3N4O3/c1-9(23)19-11-7-10(3-4-12(11)25-2)20-14(24)8-22-6-5-13(21-22)15(16,17)18/h3-7H,8H2,1-2H3,(H,19,23)(H,20,24). The molecule has 25 heavy (non-hydrogen) atoms. The molecule has 0 unspecified atom stereocenters. The van der Waals surface area contributed by atoms with Crippen LogP contribution in [-0.2, 0) is 22.3 Å². The zero-order valence-corrected chi connectivity index (χ0v) is 13.3. The molecule has 2 rings (SSSR count). The van der Waals surface area contributed by atoms with Gasteiger partial charge in [0.1, 0.15) is 12.3 Å². The summed E-state index contributed by atoms with van der Waals surface area (Å²) < 4.78 is 43.4. The van der Waals surface area contributed by atoms with Crippen LogP contribution in [0.15, 0.2) is 30.5 Å². The van der Waals surface area contributed by atoms with E-state index in [0.29, 0.717) is 17.1 Å². The lowest BCUT2D eigenvalue weighted by molar-refractivity contribution is -0.141. The quantitative estimate of drug-likeness (QED) is 0.862. The van der Waals surface area contributed by atoms with Gasteiger partial charge in [0.25, 0.3) is 0 Å². The Kier molecular flexibility index (Phi) is 5.30. The van der Waals surface area contributed by atoms with Crippen molar-refractivity contribution >= 4 is 23.2 Å². The SMILES string of the molecule is COc1ccc(NC(=O)Cn2ccc(C(F)(F)F)n2)cc1NC(C)=O. The summed E-state index contributed by atoms with van der Waals surface area (Å²) >= 11 is 0. The first-order chi connectivity index (χ1) is 11.7. The van der Waals surface area contributed by atoms with Gasteiger partial charge in [-0.25, -0.2) is 0 Å². The third-order valence-corrected chi connectivity index (χ3v) is 3.03. The van der Waals surface area contributed by atoms with Crippen LogP contribution in [0.2, 0.25) is 0 Å². The summed E-state index contributed by atoms with van der Waals surface area (Å²) in [5.74, 6) is -0.496. The normalized spacial score (nSPS) is 11.1. The van der Waals surface area contributed by atoms with Crippen LogP contribution in [0.5, 0.6) is 5.75 Å². The number of ether oxygens (including phenoxy) is 1. The van der Waals surface area contributed by atoms with E-state index in [4.69, 9.17) is 4.74 Å². The average molecular weight is 356 g/mol. The van der Waals surface area contributed by atoms with E-state index in [1.165, 1.54) is 32.2 Å². The molecule has 134 valence electrons. The topological polar surface area (TPSA) is 85.2 Å². The highest BCUT2D eigenvalue weighted by atomic mass is 19.4. The maximum atomic E-state index is 12.5. The lowest BCUT2D eigenvalue weighted by Gasteiger charge is -2.12. The summed E-state index contributed by atoms with van der Waals surface area (Å²) in [6.45, 7) is 0.929. The largest absolute Gasteiger partial charge is 0.495 e. The Morgan fingerprint density at radius 1 is 1.24 bits per heavy atom. The average Bonchev–Trinajstić information content (AvgIpc) is 2.95. The minimum absolute atomic E-state index is 0.321. The van der Waals surface area contributed by atoms with Gasteiger partial charge < -0.3 is 15.4 Å². The molecule has 2 aromatic rings. The Balaban J connectivity index is 2.07. The maximum Gasteiger partial charge on any atom is 0.435 e. The van der Waals surface area contributed by atoms with Gasteiger partial charge in [-0.15, -0.1) is 0 Å². The van der Waals surface area contributed by atoms with E-state index in [1.807, 2.05) is 0 Å². The molecule has 0 saturated heterocycles. The van der Waals surface area contributed by atoms with Gasteiger partial charge in [0.15, 0.2) is 5.69 Å². The summed E-state index contributed by atoms with van der Waals surface area (Å²) in [6, 6.07) is 5.33. The van der Waals surface area contributed by atoms with E-state index in [2.05, 4.69) is 15.7 Å². The highest BCUT2D eigenvalue weighted by molar-refractivity contribution is 5.94. The first kappa shape index (κ1) is 18.3. The molecule has 0 saturated carbocycles. The Hall–Kier alpha value is -3.04. The number of rotatable bonds is 5. The molecular formula is C15H15F3N4O3. The summed E-state index contributed by atoms with van der Waals surface area (Å²) in [7, 11) is 1.43. The summed E-state index contributed by atoms with van der Waals surface area (Å²) in [5.41, 5.74) is -0.373. The van der Waals surface area contributed by atoms with Crippen molar-refractivity contribution in [2.75, 3.05) is 17.7 Å². The van der Waals surface area contributed by atoms with E-state index in [0.717, 1.165) is 16.9 Å². The van der Waals surface area contributed by atoms with Crippen molar-refractivity contribution in [1.82, 2.24) is 9.78 Å². The number of halogens is 3. The number of carbonyl (C=O) groups excluding carboxylic acids is 2. The number of amides is 2. The van der Waals surface area contributed by atoms with Crippen LogP contribution in [0.25, 0.3) is 0 Å². The van der Waals surface area contributed by atoms with Crippen molar-refractivity contribution in [2.24, 2.45) is 0 Å². The second kappa shape index (κ2) is 7.24. The van der Waals surface area contributed by atoms with Crippen molar-refractivity contribution in [3.8, 4) is 5.75 Å². The minimum Gasteiger partial charge on any atom is -0.495 e. The molecule has 2 N–H and O–H groups in total. The molecule has 10 heteroatoms. The van der Waals surface area contributed by atoms with Crippen molar-refractivity contribution < 1.29 is 27.5 Å². The highest BCUT2D eigenvalue weighted by Crippen LogP contribution is 2.28. The molecule has 2 amide bonds. The molecule has 0 aliphatic carbocycles. The molecule has 1 aromatic heterocycles. The van der Waals surface area contributed by atoms with Crippen molar-refractivity contribution in [3.63, 3.8) is 0 Å². The lowest BCUT2D eigenvalue weighted by atomic mass is 10.2. The van der Waals surface area contributed by atoms with E-state index >= 15 is 0 Å². The van der Waals surface area contributed by atoms with E-state index in [9.17, 15) is 22.8 Å². The monoisotopic (exact) mass is 356 g/mol. The summed E-state index contributed by atoms with van der Waals surface area (Å²) in [6.07, 6.45) is -3.50. The number of anilines is 2. The zero-order chi connectivity index (χ0) is 18.6. The Bertz CT molecular complexity index is 787. The van der Waals surface area contributed by atoms with Gasteiger partial charge in [-0.05, 0) is 24.3 Å². The van der Waals surface area contributed by atoms with Crippen LogP contribution >= 0.6 is 0 Å². The number of alkyl halides is 3. The number of aromatic nitrogens is 2. The Morgan fingerprint density at radius 3 is 2.52 bits per heavy atom. The Labute approximate surface area is 140 Å². The van der Waals surface area contributed by atoms with Crippen LogP contribution < -0.4 is 15.4 Å². The third kappa shape index (κ3) is 4.96. The van der Waals surface area contributed by atoms with Crippen molar-refractivity contribution in [1.29, 1.82) is 0 Å². The van der Waals surface area contributed by atoms with Gasteiger partial charge in [-0.2, -0.15) is 18.3 Å². The molecule has 7 nitrogen and oxygen atoms in total. The van der Waals surface area contributed by atoms with Gasteiger partial charge in [0.05, 0.1) is 12.8 Å². The predicted molar refractivity (Wildman–Crippen MR) is 83.2 cm³/mol. The zero-order valence-electron chi connectivity index (χ0n) is 13.3. The fourth-order valence-corrected chi connectivity index (χ4v) is 2.02. The molecule has 0 spiro atoms. The van der Waals surface area contributed by atoms with E-state index < -0.39 is 24.3 Å². The first-order valence-electron chi connectivity index (χ1n) is 7.05. The van der Waals surface area contributed by atoms with Crippen LogP contribution in [0.4, 0.5) is 24.5 Å². The van der Waals surface area contributed by atoms with Crippen LogP contribution in [-0.4, -0.2) is 28.7 Å². The molecule has 0 atom stereocenters. The molecule has 0 aliphatic heterocycles. The molecule has 1 heterocycles. The fraction of sp³-hybridized carbons (Fsp3) is 0.267. The third-order valence-electron chi connectivity index (χ3n) is 3.03. The van der Waals surface area contributed by atoms with Gasteiger partial charge in [-0.3, -0.25) is 14.3 Å². The predicted octanol–water partition coefficient (Wildman–Crippen LogP) is 2.51. The molecule has 0 aliphatic rings. The lowest BCUT2D eigenvalue weighted by Crippen LogP contribution is -2.20. The van der Waals surface area contributed by atoms with Crippen molar-refractivity contribution in [3.05, 3.63) is 36.2 Å². The fourth-order valence-electron chi connectivity index (χ4n) is 2.02. The van der Waals surface area contributed by atoms with Gasteiger partial charge in [0.2, 0.25) is 11.8 Å². The molecule has 0 radical (unpaired) electrons. The Morgan fingerprint density at radius 2 is 1.96 bits per heavy atom. The van der Waals surface area contributed by atoms with Crippen LogP contribution in [0.3, 0.4) is 0 Å². The number of methoxy groups -OCH3 is 1. The van der Waals surface area contributed by atoms with Crippen LogP contribution in [0, 0.1) is 0 Å². The van der Waals surface area contributed by atoms with Crippen LogP contribution in [0.1, 0.15) is 12.6 Å². The number of benzene rings is 1.